The van der Waals surface area contributed by atoms with Gasteiger partial charge in [0.15, 0.2) is 5.78 Å². The zero-order valence-electron chi connectivity index (χ0n) is 17.2. The smallest absolute Gasteiger partial charge is 0.251 e. The van der Waals surface area contributed by atoms with Gasteiger partial charge in [-0.15, -0.1) is 0 Å². The average Bonchev–Trinajstić information content (AvgIpc) is 3.11. The van der Waals surface area contributed by atoms with Crippen molar-refractivity contribution in [2.24, 2.45) is 0 Å². The molecule has 4 aromatic rings. The number of pyridine rings is 1. The quantitative estimate of drug-likeness (QED) is 0.467. The molecule has 5 nitrogen and oxygen atoms in total. The van der Waals surface area contributed by atoms with E-state index in [1.807, 2.05) is 60.7 Å². The third-order valence-corrected chi connectivity index (χ3v) is 5.72. The monoisotopic (exact) mass is 420 g/mol. The first-order chi connectivity index (χ1) is 15.6. The Bertz CT molecular complexity index is 1400. The number of nitrogens with zero attached hydrogens (tertiary/aromatic N) is 1. The van der Waals surface area contributed by atoms with Gasteiger partial charge in [-0.05, 0) is 40.5 Å². The zero-order valence-corrected chi connectivity index (χ0v) is 17.2. The zero-order chi connectivity index (χ0) is 22.1. The number of ketones is 1. The fourth-order valence-electron chi connectivity index (χ4n) is 4.00. The number of rotatable bonds is 5. The predicted octanol–water partition coefficient (Wildman–Crippen LogP) is 4.04. The van der Waals surface area contributed by atoms with Crippen molar-refractivity contribution in [2.45, 2.75) is 13.1 Å². The van der Waals surface area contributed by atoms with E-state index in [9.17, 15) is 14.4 Å². The maximum absolute atomic E-state index is 12.7. The van der Waals surface area contributed by atoms with E-state index in [2.05, 4.69) is 5.32 Å². The first kappa shape index (κ1) is 19.7. The van der Waals surface area contributed by atoms with Crippen LogP contribution in [0.25, 0.3) is 11.1 Å². The van der Waals surface area contributed by atoms with Gasteiger partial charge in [0.1, 0.15) is 0 Å². The minimum atomic E-state index is -0.225. The summed E-state index contributed by atoms with van der Waals surface area (Å²) in [5.74, 6) is -0.269. The van der Waals surface area contributed by atoms with Crippen molar-refractivity contribution in [3.8, 4) is 11.1 Å². The van der Waals surface area contributed by atoms with Crippen molar-refractivity contribution in [1.29, 1.82) is 0 Å². The van der Waals surface area contributed by atoms with E-state index in [4.69, 9.17) is 0 Å². The lowest BCUT2D eigenvalue weighted by molar-refractivity contribution is 0.0951. The van der Waals surface area contributed by atoms with Gasteiger partial charge >= 0.3 is 0 Å². The molecule has 1 heterocycles. The van der Waals surface area contributed by atoms with Crippen LogP contribution in [0.4, 0.5) is 0 Å². The summed E-state index contributed by atoms with van der Waals surface area (Å²) in [6.07, 6.45) is 1.76. The summed E-state index contributed by atoms with van der Waals surface area (Å²) < 4.78 is 1.64. The van der Waals surface area contributed by atoms with Gasteiger partial charge in [0.25, 0.3) is 11.5 Å². The molecule has 0 saturated heterocycles. The van der Waals surface area contributed by atoms with E-state index >= 15 is 0 Å². The predicted molar refractivity (Wildman–Crippen MR) is 123 cm³/mol. The van der Waals surface area contributed by atoms with E-state index < -0.39 is 0 Å². The fraction of sp³-hybridized carbons (Fsp3) is 0.0741. The van der Waals surface area contributed by atoms with Crippen LogP contribution in [0.15, 0.2) is 95.9 Å². The van der Waals surface area contributed by atoms with E-state index in [1.165, 1.54) is 6.07 Å². The number of carbonyl (C=O) groups is 2. The highest BCUT2D eigenvalue weighted by Crippen LogP contribution is 2.36. The Hall–Kier alpha value is -4.25. The van der Waals surface area contributed by atoms with Crippen molar-refractivity contribution >= 4 is 11.7 Å². The molecule has 1 amide bonds. The highest BCUT2D eigenvalue weighted by molar-refractivity contribution is 6.22. The molecule has 1 N–H and O–H groups in total. The molecule has 156 valence electrons. The van der Waals surface area contributed by atoms with Crippen LogP contribution in [0, 0.1) is 0 Å². The van der Waals surface area contributed by atoms with E-state index in [1.54, 1.807) is 29.0 Å². The average molecular weight is 420 g/mol. The molecular formula is C27H20N2O3. The second-order valence-corrected chi connectivity index (χ2v) is 7.80. The molecule has 0 bridgehead atoms. The summed E-state index contributed by atoms with van der Waals surface area (Å²) >= 11 is 0. The van der Waals surface area contributed by atoms with Crippen LogP contribution in [-0.2, 0) is 13.1 Å². The SMILES string of the molecule is O=C(NCc1ccc(Cn2ccccc2=O)cc1)c1ccc2c(c1)C(=O)c1ccccc1-2. The highest BCUT2D eigenvalue weighted by atomic mass is 16.2. The highest BCUT2D eigenvalue weighted by Gasteiger charge is 2.26. The Morgan fingerprint density at radius 3 is 2.19 bits per heavy atom. The third-order valence-electron chi connectivity index (χ3n) is 5.72. The number of nitrogens with one attached hydrogen (secondary N) is 1. The lowest BCUT2D eigenvalue weighted by Gasteiger charge is -2.09. The topological polar surface area (TPSA) is 68.2 Å². The molecule has 1 aromatic heterocycles. The summed E-state index contributed by atoms with van der Waals surface area (Å²) in [6, 6.07) is 25.6. The summed E-state index contributed by atoms with van der Waals surface area (Å²) in [7, 11) is 0. The minimum absolute atomic E-state index is 0.0419. The molecule has 0 fully saturated rings. The second-order valence-electron chi connectivity index (χ2n) is 7.80. The molecule has 0 saturated carbocycles. The van der Waals surface area contributed by atoms with Gasteiger partial charge in [-0.3, -0.25) is 14.4 Å². The Morgan fingerprint density at radius 2 is 1.41 bits per heavy atom. The number of benzene rings is 3. The van der Waals surface area contributed by atoms with E-state index in [-0.39, 0.29) is 17.2 Å². The largest absolute Gasteiger partial charge is 0.348 e. The molecule has 0 spiro atoms. The summed E-state index contributed by atoms with van der Waals surface area (Å²) in [4.78, 5) is 37.2. The molecule has 5 rings (SSSR count). The number of hydrogen-bond donors (Lipinski definition) is 1. The first-order valence-corrected chi connectivity index (χ1v) is 10.4. The van der Waals surface area contributed by atoms with Crippen LogP contribution in [0.2, 0.25) is 0 Å². The van der Waals surface area contributed by atoms with Crippen molar-refractivity contribution in [3.63, 3.8) is 0 Å². The van der Waals surface area contributed by atoms with Crippen molar-refractivity contribution in [2.75, 3.05) is 0 Å². The Kier molecular flexibility index (Phi) is 5.00. The van der Waals surface area contributed by atoms with Gasteiger partial charge in [0, 0.05) is 35.5 Å². The lowest BCUT2D eigenvalue weighted by atomic mass is 10.0. The minimum Gasteiger partial charge on any atom is -0.348 e. The molecule has 0 radical (unpaired) electrons. The summed E-state index contributed by atoms with van der Waals surface area (Å²) in [5.41, 5.74) is 5.41. The maximum Gasteiger partial charge on any atom is 0.251 e. The van der Waals surface area contributed by atoms with Crippen LogP contribution in [0.3, 0.4) is 0 Å². The molecule has 0 atom stereocenters. The Morgan fingerprint density at radius 1 is 0.719 bits per heavy atom. The molecule has 32 heavy (non-hydrogen) atoms. The van der Waals surface area contributed by atoms with Crippen LogP contribution in [-0.4, -0.2) is 16.3 Å². The normalized spacial score (nSPS) is 11.7. The van der Waals surface area contributed by atoms with Gasteiger partial charge in [-0.25, -0.2) is 0 Å². The molecule has 5 heteroatoms. The molecule has 1 aliphatic rings. The van der Waals surface area contributed by atoms with Crippen LogP contribution in [0.5, 0.6) is 0 Å². The molecule has 1 aliphatic carbocycles. The van der Waals surface area contributed by atoms with Gasteiger partial charge in [0.2, 0.25) is 0 Å². The summed E-state index contributed by atoms with van der Waals surface area (Å²) in [5, 5.41) is 2.92. The van der Waals surface area contributed by atoms with Crippen molar-refractivity contribution < 1.29 is 9.59 Å². The standard InChI is InChI=1S/C27H20N2O3/c30-25-7-3-4-14-29(25)17-19-10-8-18(9-11-19)16-28-27(32)20-12-13-22-21-5-1-2-6-23(21)26(31)24(22)15-20/h1-15H,16-17H2,(H,28,32). The van der Waals surface area contributed by atoms with Crippen LogP contribution in [0.1, 0.15) is 37.4 Å². The Balaban J connectivity index is 1.25. The molecular weight excluding hydrogens is 400 g/mol. The number of carbonyl (C=O) groups excluding carboxylic acids is 2. The number of hydrogen-bond acceptors (Lipinski definition) is 3. The molecule has 3 aromatic carbocycles. The van der Waals surface area contributed by atoms with Crippen LogP contribution >= 0.6 is 0 Å². The second kappa shape index (κ2) is 8.12. The van der Waals surface area contributed by atoms with E-state index in [0.717, 1.165) is 22.3 Å². The first-order valence-electron chi connectivity index (χ1n) is 10.4. The third kappa shape index (κ3) is 3.65. The fourth-order valence-corrected chi connectivity index (χ4v) is 4.00. The molecule has 0 aliphatic heterocycles. The van der Waals surface area contributed by atoms with Crippen molar-refractivity contribution in [3.05, 3.63) is 129 Å². The summed E-state index contributed by atoms with van der Waals surface area (Å²) in [6.45, 7) is 0.869. The van der Waals surface area contributed by atoms with Gasteiger partial charge in [-0.1, -0.05) is 60.7 Å². The number of aromatic nitrogens is 1. The maximum atomic E-state index is 12.7. The number of amides is 1. The lowest BCUT2D eigenvalue weighted by Crippen LogP contribution is -2.23. The number of fused-ring (bicyclic) bond motifs is 3. The van der Waals surface area contributed by atoms with E-state index in [0.29, 0.717) is 29.8 Å². The van der Waals surface area contributed by atoms with Crippen LogP contribution < -0.4 is 10.9 Å². The van der Waals surface area contributed by atoms with Gasteiger partial charge in [-0.2, -0.15) is 0 Å². The van der Waals surface area contributed by atoms with Gasteiger partial charge < -0.3 is 9.88 Å². The molecule has 0 unspecified atom stereocenters. The van der Waals surface area contributed by atoms with Crippen molar-refractivity contribution in [1.82, 2.24) is 9.88 Å². The van der Waals surface area contributed by atoms with Gasteiger partial charge in [0.05, 0.1) is 6.54 Å². The Labute approximate surface area is 185 Å².